The summed E-state index contributed by atoms with van der Waals surface area (Å²) in [4.78, 5) is 2.41. The Morgan fingerprint density at radius 2 is 1.71 bits per heavy atom. The van der Waals surface area contributed by atoms with Crippen LogP contribution >= 0.6 is 0 Å². The summed E-state index contributed by atoms with van der Waals surface area (Å²) in [6, 6.07) is 18.1. The molecule has 1 aliphatic rings. The number of fused-ring (bicyclic) bond motifs is 1. The second kappa shape index (κ2) is 4.01. The summed E-state index contributed by atoms with van der Waals surface area (Å²) in [5.41, 5.74) is 5.63. The van der Waals surface area contributed by atoms with Gasteiger partial charge in [-0.05, 0) is 30.7 Å². The Balaban J connectivity index is 2.06. The van der Waals surface area contributed by atoms with Crippen LogP contribution in [0.5, 0.6) is 0 Å². The van der Waals surface area contributed by atoms with Crippen molar-refractivity contribution in [2.24, 2.45) is 0 Å². The number of nitrogens with zero attached hydrogens (tertiary/aromatic N) is 1. The smallest absolute Gasteiger partial charge is 0.0605 e. The van der Waals surface area contributed by atoms with Crippen LogP contribution in [-0.2, 0) is 6.54 Å². The first-order valence-corrected chi connectivity index (χ1v) is 6.10. The van der Waals surface area contributed by atoms with Crippen molar-refractivity contribution in [3.05, 3.63) is 70.8 Å². The van der Waals surface area contributed by atoms with E-state index in [2.05, 4.69) is 67.4 Å². The first-order chi connectivity index (χ1) is 8.25. The lowest BCUT2D eigenvalue weighted by Gasteiger charge is -2.21. The van der Waals surface area contributed by atoms with Crippen molar-refractivity contribution in [3.8, 4) is 0 Å². The SMILES string of the molecule is Cc1ccc(C2c3ccccc3CN2C)cc1. The van der Waals surface area contributed by atoms with Gasteiger partial charge in [0.15, 0.2) is 0 Å². The van der Waals surface area contributed by atoms with Crippen molar-refractivity contribution < 1.29 is 0 Å². The molecule has 2 aromatic carbocycles. The van der Waals surface area contributed by atoms with Crippen molar-refractivity contribution in [2.75, 3.05) is 7.05 Å². The second-order valence-corrected chi connectivity index (χ2v) is 4.93. The largest absolute Gasteiger partial charge is 0.291 e. The predicted octanol–water partition coefficient (Wildman–Crippen LogP) is 3.53. The lowest BCUT2D eigenvalue weighted by Crippen LogP contribution is -2.17. The van der Waals surface area contributed by atoms with E-state index in [1.165, 1.54) is 22.3 Å². The van der Waals surface area contributed by atoms with Crippen molar-refractivity contribution in [2.45, 2.75) is 19.5 Å². The average Bonchev–Trinajstić information content (AvgIpc) is 2.66. The van der Waals surface area contributed by atoms with Crippen LogP contribution in [0.15, 0.2) is 48.5 Å². The normalized spacial score (nSPS) is 19.3. The van der Waals surface area contributed by atoms with Gasteiger partial charge in [-0.15, -0.1) is 0 Å². The molecule has 1 heterocycles. The molecule has 0 saturated heterocycles. The molecule has 1 aliphatic heterocycles. The number of aryl methyl sites for hydroxylation is 1. The molecule has 0 aromatic heterocycles. The van der Waals surface area contributed by atoms with Crippen LogP contribution in [0.25, 0.3) is 0 Å². The summed E-state index contributed by atoms with van der Waals surface area (Å²) in [6.45, 7) is 3.19. The fraction of sp³-hybridized carbons (Fsp3) is 0.250. The molecule has 1 nitrogen and oxygen atoms in total. The van der Waals surface area contributed by atoms with Crippen LogP contribution in [0.2, 0.25) is 0 Å². The molecule has 3 rings (SSSR count). The lowest BCUT2D eigenvalue weighted by molar-refractivity contribution is 0.304. The highest BCUT2D eigenvalue weighted by molar-refractivity contribution is 5.41. The van der Waals surface area contributed by atoms with Gasteiger partial charge in [0.1, 0.15) is 0 Å². The Kier molecular flexibility index (Phi) is 2.49. The van der Waals surface area contributed by atoms with Gasteiger partial charge in [0.05, 0.1) is 6.04 Å². The molecular formula is C16H17N. The van der Waals surface area contributed by atoms with E-state index >= 15 is 0 Å². The molecule has 0 saturated carbocycles. The molecule has 1 unspecified atom stereocenters. The van der Waals surface area contributed by atoms with E-state index in [1.807, 2.05) is 0 Å². The topological polar surface area (TPSA) is 3.24 Å². The molecule has 17 heavy (non-hydrogen) atoms. The third-order valence-corrected chi connectivity index (χ3v) is 3.60. The highest BCUT2D eigenvalue weighted by atomic mass is 15.1. The molecule has 1 heteroatoms. The maximum absolute atomic E-state index is 2.41. The number of hydrogen-bond donors (Lipinski definition) is 0. The van der Waals surface area contributed by atoms with E-state index in [-0.39, 0.29) is 0 Å². The molecule has 1 atom stereocenters. The van der Waals surface area contributed by atoms with E-state index in [9.17, 15) is 0 Å². The van der Waals surface area contributed by atoms with Gasteiger partial charge in [-0.25, -0.2) is 0 Å². The Morgan fingerprint density at radius 1 is 1.00 bits per heavy atom. The summed E-state index contributed by atoms with van der Waals surface area (Å²) >= 11 is 0. The van der Waals surface area contributed by atoms with Gasteiger partial charge in [-0.2, -0.15) is 0 Å². The fourth-order valence-corrected chi connectivity index (χ4v) is 2.73. The van der Waals surface area contributed by atoms with Crippen LogP contribution in [-0.4, -0.2) is 11.9 Å². The number of benzene rings is 2. The molecule has 0 bridgehead atoms. The minimum Gasteiger partial charge on any atom is -0.291 e. The maximum atomic E-state index is 2.41. The fourth-order valence-electron chi connectivity index (χ4n) is 2.73. The minimum absolute atomic E-state index is 0.423. The van der Waals surface area contributed by atoms with Gasteiger partial charge in [0, 0.05) is 6.54 Å². The van der Waals surface area contributed by atoms with Crippen LogP contribution in [0.3, 0.4) is 0 Å². The van der Waals surface area contributed by atoms with Gasteiger partial charge >= 0.3 is 0 Å². The number of rotatable bonds is 1. The van der Waals surface area contributed by atoms with E-state index in [0.717, 1.165) is 6.54 Å². The summed E-state index contributed by atoms with van der Waals surface area (Å²) in [6.07, 6.45) is 0. The Morgan fingerprint density at radius 3 is 2.47 bits per heavy atom. The molecule has 0 amide bonds. The molecule has 0 fully saturated rings. The van der Waals surface area contributed by atoms with Gasteiger partial charge in [0.25, 0.3) is 0 Å². The molecule has 86 valence electrons. The first kappa shape index (κ1) is 10.5. The van der Waals surface area contributed by atoms with E-state index in [4.69, 9.17) is 0 Å². The third-order valence-electron chi connectivity index (χ3n) is 3.60. The van der Waals surface area contributed by atoms with E-state index < -0.39 is 0 Å². The zero-order valence-electron chi connectivity index (χ0n) is 10.4. The highest BCUT2D eigenvalue weighted by Gasteiger charge is 2.27. The van der Waals surface area contributed by atoms with Gasteiger partial charge < -0.3 is 0 Å². The Hall–Kier alpha value is -1.60. The van der Waals surface area contributed by atoms with Crippen LogP contribution in [0, 0.1) is 6.92 Å². The quantitative estimate of drug-likeness (QED) is 0.715. The van der Waals surface area contributed by atoms with Crippen LogP contribution < -0.4 is 0 Å². The summed E-state index contributed by atoms with van der Waals surface area (Å²) in [7, 11) is 2.20. The minimum atomic E-state index is 0.423. The zero-order valence-corrected chi connectivity index (χ0v) is 10.4. The van der Waals surface area contributed by atoms with Crippen molar-refractivity contribution in [1.82, 2.24) is 4.90 Å². The number of hydrogen-bond acceptors (Lipinski definition) is 1. The first-order valence-electron chi connectivity index (χ1n) is 6.10. The summed E-state index contributed by atoms with van der Waals surface area (Å²) < 4.78 is 0. The Bertz CT molecular complexity index is 527. The standard InChI is InChI=1S/C16H17N/c1-12-7-9-13(10-8-12)16-15-6-4-3-5-14(15)11-17(16)2/h3-10,16H,11H2,1-2H3. The zero-order chi connectivity index (χ0) is 11.8. The average molecular weight is 223 g/mol. The van der Waals surface area contributed by atoms with Crippen molar-refractivity contribution in [3.63, 3.8) is 0 Å². The summed E-state index contributed by atoms with van der Waals surface area (Å²) in [5, 5.41) is 0. The summed E-state index contributed by atoms with van der Waals surface area (Å²) in [5.74, 6) is 0. The molecule has 0 spiro atoms. The van der Waals surface area contributed by atoms with Crippen LogP contribution in [0.1, 0.15) is 28.3 Å². The van der Waals surface area contributed by atoms with Crippen molar-refractivity contribution >= 4 is 0 Å². The van der Waals surface area contributed by atoms with Gasteiger partial charge in [0.2, 0.25) is 0 Å². The van der Waals surface area contributed by atoms with Crippen LogP contribution in [0.4, 0.5) is 0 Å². The monoisotopic (exact) mass is 223 g/mol. The van der Waals surface area contributed by atoms with E-state index in [0.29, 0.717) is 6.04 Å². The third kappa shape index (κ3) is 1.77. The molecule has 0 aliphatic carbocycles. The second-order valence-electron chi connectivity index (χ2n) is 4.93. The van der Waals surface area contributed by atoms with Gasteiger partial charge in [-0.3, -0.25) is 4.90 Å². The van der Waals surface area contributed by atoms with Crippen molar-refractivity contribution in [1.29, 1.82) is 0 Å². The lowest BCUT2D eigenvalue weighted by atomic mass is 9.97. The highest BCUT2D eigenvalue weighted by Crippen LogP contribution is 2.36. The molecule has 2 aromatic rings. The van der Waals surface area contributed by atoms with Gasteiger partial charge in [-0.1, -0.05) is 54.1 Å². The maximum Gasteiger partial charge on any atom is 0.0605 e. The molecular weight excluding hydrogens is 206 g/mol. The predicted molar refractivity (Wildman–Crippen MR) is 70.9 cm³/mol. The molecule has 0 radical (unpaired) electrons. The van der Waals surface area contributed by atoms with E-state index in [1.54, 1.807) is 0 Å². The Labute approximate surface area is 103 Å². The molecule has 0 N–H and O–H groups in total.